The lowest BCUT2D eigenvalue weighted by molar-refractivity contribution is -0.153. The van der Waals surface area contributed by atoms with E-state index in [1.165, 1.54) is 6.92 Å². The van der Waals surface area contributed by atoms with E-state index in [0.29, 0.717) is 25.7 Å². The van der Waals surface area contributed by atoms with Crippen LogP contribution in [-0.4, -0.2) is 65.2 Å². The molecule has 1 fully saturated rings. The lowest BCUT2D eigenvalue weighted by atomic mass is 9.64. The minimum atomic E-state index is -1.37. The summed E-state index contributed by atoms with van der Waals surface area (Å²) in [6.45, 7) is 2.11. The number of amides is 1. The molecule has 1 rings (SSSR count). The van der Waals surface area contributed by atoms with E-state index >= 15 is 0 Å². The highest BCUT2D eigenvalue weighted by Gasteiger charge is 2.50. The number of hydrogen-bond donors (Lipinski definition) is 4. The van der Waals surface area contributed by atoms with Crippen molar-refractivity contribution in [3.8, 4) is 0 Å². The molecule has 0 spiro atoms. The quantitative estimate of drug-likeness (QED) is 0.473. The van der Waals surface area contributed by atoms with Gasteiger partial charge in [0.25, 0.3) is 0 Å². The van der Waals surface area contributed by atoms with Gasteiger partial charge in [-0.25, -0.2) is 4.79 Å². The van der Waals surface area contributed by atoms with Gasteiger partial charge in [0, 0.05) is 6.92 Å². The van der Waals surface area contributed by atoms with Crippen LogP contribution >= 0.6 is 0 Å². The summed E-state index contributed by atoms with van der Waals surface area (Å²) < 4.78 is 0. The van der Waals surface area contributed by atoms with E-state index in [-0.39, 0.29) is 24.1 Å². The summed E-state index contributed by atoms with van der Waals surface area (Å²) in [6, 6.07) is 0. The van der Waals surface area contributed by atoms with E-state index in [1.807, 2.05) is 19.0 Å². The zero-order valence-electron chi connectivity index (χ0n) is 14.3. The van der Waals surface area contributed by atoms with Gasteiger partial charge in [0.05, 0.1) is 0 Å². The van der Waals surface area contributed by atoms with Crippen LogP contribution in [0, 0.1) is 11.8 Å². The number of nitrogens with one attached hydrogen (secondary N) is 1. The Hall–Kier alpha value is -1.12. The van der Waals surface area contributed by atoms with Crippen LogP contribution in [0.25, 0.3) is 0 Å². The summed E-state index contributed by atoms with van der Waals surface area (Å²) in [6.07, 6.45) is 3.38. The molecule has 4 N–H and O–H groups in total. The monoisotopic (exact) mass is 328 g/mol. The van der Waals surface area contributed by atoms with E-state index in [1.54, 1.807) is 0 Å². The molecule has 0 aliphatic heterocycles. The molecule has 7 nitrogen and oxygen atoms in total. The van der Waals surface area contributed by atoms with Crippen LogP contribution in [0.1, 0.15) is 39.0 Å². The fourth-order valence-electron chi connectivity index (χ4n) is 3.63. The van der Waals surface area contributed by atoms with Crippen molar-refractivity contribution in [1.29, 1.82) is 0 Å². The molecule has 0 aromatic rings. The Labute approximate surface area is 138 Å². The molecule has 0 saturated heterocycles. The fraction of sp³-hybridized carbons (Fsp3) is 0.867. The van der Waals surface area contributed by atoms with Crippen molar-refractivity contribution >= 4 is 19.0 Å². The number of carbonyl (C=O) groups is 2. The maximum atomic E-state index is 12.0. The Kier molecular flexibility index (Phi) is 7.50. The van der Waals surface area contributed by atoms with Crippen molar-refractivity contribution in [2.24, 2.45) is 11.8 Å². The lowest BCUT2D eigenvalue weighted by Crippen LogP contribution is -2.62. The number of aliphatic carboxylic acids is 1. The highest BCUT2D eigenvalue weighted by Crippen LogP contribution is 2.41. The largest absolute Gasteiger partial charge is 0.479 e. The maximum absolute atomic E-state index is 12.0. The first-order chi connectivity index (χ1) is 10.7. The Morgan fingerprint density at radius 1 is 1.26 bits per heavy atom. The summed E-state index contributed by atoms with van der Waals surface area (Å²) in [5.41, 5.74) is -1.26. The molecule has 0 heterocycles. The third-order valence-corrected chi connectivity index (χ3v) is 4.77. The molecule has 23 heavy (non-hydrogen) atoms. The first kappa shape index (κ1) is 19.9. The molecule has 132 valence electrons. The van der Waals surface area contributed by atoms with Crippen molar-refractivity contribution in [1.82, 2.24) is 10.2 Å². The standard InChI is InChI=1S/C15H29BN2O5/c1-11(19)17-15(14(20)21)10-12(6-8-16(22)23)4-5-13(15)7-9-18(2)3/h12-13,22-23H,4-10H2,1-3H3,(H,17,19)(H,20,21)/t12-,13?,15?/m0/s1. The topological polar surface area (TPSA) is 110 Å². The van der Waals surface area contributed by atoms with Crippen LogP contribution in [0.5, 0.6) is 0 Å². The highest BCUT2D eigenvalue weighted by molar-refractivity contribution is 6.40. The van der Waals surface area contributed by atoms with E-state index in [4.69, 9.17) is 10.0 Å². The van der Waals surface area contributed by atoms with Crippen molar-refractivity contribution in [2.45, 2.75) is 50.9 Å². The minimum Gasteiger partial charge on any atom is -0.479 e. The molecule has 0 radical (unpaired) electrons. The normalized spacial score (nSPS) is 27.7. The molecule has 1 amide bonds. The van der Waals surface area contributed by atoms with E-state index in [9.17, 15) is 14.7 Å². The molecular formula is C15H29BN2O5. The van der Waals surface area contributed by atoms with Crippen LogP contribution < -0.4 is 5.32 Å². The van der Waals surface area contributed by atoms with Gasteiger partial charge in [0.15, 0.2) is 0 Å². The molecule has 0 bridgehead atoms. The van der Waals surface area contributed by atoms with Crippen molar-refractivity contribution in [3.63, 3.8) is 0 Å². The predicted octanol–water partition coefficient (Wildman–Crippen LogP) is 0.177. The van der Waals surface area contributed by atoms with Gasteiger partial charge in [-0.1, -0.05) is 6.42 Å². The average Bonchev–Trinajstić information content (AvgIpc) is 2.42. The van der Waals surface area contributed by atoms with Crippen LogP contribution in [0.15, 0.2) is 0 Å². The summed E-state index contributed by atoms with van der Waals surface area (Å²) >= 11 is 0. The van der Waals surface area contributed by atoms with E-state index in [0.717, 1.165) is 13.0 Å². The van der Waals surface area contributed by atoms with Crippen LogP contribution in [0.4, 0.5) is 0 Å². The first-order valence-corrected chi connectivity index (χ1v) is 8.20. The maximum Gasteiger partial charge on any atom is 0.451 e. The van der Waals surface area contributed by atoms with Crippen LogP contribution in [-0.2, 0) is 9.59 Å². The zero-order chi connectivity index (χ0) is 17.6. The second-order valence-electron chi connectivity index (χ2n) is 6.95. The highest BCUT2D eigenvalue weighted by atomic mass is 16.4. The van der Waals surface area contributed by atoms with Gasteiger partial charge in [-0.2, -0.15) is 0 Å². The molecular weight excluding hydrogens is 299 g/mol. The molecule has 1 saturated carbocycles. The third kappa shape index (κ3) is 5.78. The predicted molar refractivity (Wildman–Crippen MR) is 87.8 cm³/mol. The van der Waals surface area contributed by atoms with Gasteiger partial charge in [-0.05, 0) is 64.5 Å². The van der Waals surface area contributed by atoms with Crippen molar-refractivity contribution in [3.05, 3.63) is 0 Å². The van der Waals surface area contributed by atoms with Gasteiger partial charge in [-0.3, -0.25) is 4.79 Å². The number of rotatable bonds is 8. The van der Waals surface area contributed by atoms with Gasteiger partial charge in [0.2, 0.25) is 5.91 Å². The van der Waals surface area contributed by atoms with E-state index in [2.05, 4.69) is 5.32 Å². The number of carbonyl (C=O) groups excluding carboxylic acids is 1. The second-order valence-corrected chi connectivity index (χ2v) is 6.95. The van der Waals surface area contributed by atoms with Crippen molar-refractivity contribution < 1.29 is 24.7 Å². The number of nitrogens with zero attached hydrogens (tertiary/aromatic N) is 1. The molecule has 8 heteroatoms. The van der Waals surface area contributed by atoms with Gasteiger partial charge < -0.3 is 25.4 Å². The Morgan fingerprint density at radius 2 is 1.91 bits per heavy atom. The molecule has 0 aromatic heterocycles. The van der Waals surface area contributed by atoms with Gasteiger partial charge >= 0.3 is 13.1 Å². The summed E-state index contributed by atoms with van der Waals surface area (Å²) in [7, 11) is 2.51. The number of carboxylic acid groups (broad SMARTS) is 1. The van der Waals surface area contributed by atoms with Gasteiger partial charge in [-0.15, -0.1) is 0 Å². The minimum absolute atomic E-state index is 0.0651. The van der Waals surface area contributed by atoms with Crippen LogP contribution in [0.3, 0.4) is 0 Å². The Morgan fingerprint density at radius 3 is 2.39 bits per heavy atom. The molecule has 1 aliphatic carbocycles. The van der Waals surface area contributed by atoms with Crippen LogP contribution in [0.2, 0.25) is 6.32 Å². The molecule has 3 atom stereocenters. The molecule has 2 unspecified atom stereocenters. The SMILES string of the molecule is CC(=O)NC1(C(=O)O)C[C@H](CCB(O)O)CCC1CCN(C)C. The smallest absolute Gasteiger partial charge is 0.451 e. The Bertz CT molecular complexity index is 419. The third-order valence-electron chi connectivity index (χ3n) is 4.77. The molecule has 1 aliphatic rings. The van der Waals surface area contributed by atoms with Crippen molar-refractivity contribution in [2.75, 3.05) is 20.6 Å². The summed E-state index contributed by atoms with van der Waals surface area (Å²) in [4.78, 5) is 25.6. The number of carboxylic acids is 1. The average molecular weight is 328 g/mol. The summed E-state index contributed by atoms with van der Waals surface area (Å²) in [5, 5.41) is 30.6. The fourth-order valence-corrected chi connectivity index (χ4v) is 3.63. The van der Waals surface area contributed by atoms with Gasteiger partial charge in [0.1, 0.15) is 5.54 Å². The lowest BCUT2D eigenvalue weighted by Gasteiger charge is -2.44. The summed E-state index contributed by atoms with van der Waals surface area (Å²) in [5.74, 6) is -1.40. The second kappa shape index (κ2) is 8.66. The first-order valence-electron chi connectivity index (χ1n) is 8.20. The Balaban J connectivity index is 2.93. The number of hydrogen-bond acceptors (Lipinski definition) is 5. The molecule has 0 aromatic carbocycles. The zero-order valence-corrected chi connectivity index (χ0v) is 14.3. The van der Waals surface area contributed by atoms with E-state index < -0.39 is 18.6 Å².